The van der Waals surface area contributed by atoms with Crippen LogP contribution in [0.4, 0.5) is 0 Å². The van der Waals surface area contributed by atoms with Gasteiger partial charge in [-0.25, -0.2) is 0 Å². The number of fused-ring (bicyclic) bond motifs is 1. The Balaban J connectivity index is 1.58. The molecule has 0 saturated heterocycles. The molecule has 4 nitrogen and oxygen atoms in total. The van der Waals surface area contributed by atoms with Gasteiger partial charge in [0.2, 0.25) is 0 Å². The van der Waals surface area contributed by atoms with Crippen LogP contribution in [0.2, 0.25) is 0 Å². The van der Waals surface area contributed by atoms with Crippen LogP contribution < -0.4 is 5.32 Å². The van der Waals surface area contributed by atoms with Gasteiger partial charge in [-0.15, -0.1) is 0 Å². The Morgan fingerprint density at radius 3 is 2.68 bits per heavy atom. The number of hydrogen-bond acceptors (Lipinski definition) is 3. The zero-order valence-electron chi connectivity index (χ0n) is 15.0. The Labute approximate surface area is 149 Å². The minimum atomic E-state index is -0.0306. The van der Waals surface area contributed by atoms with Crippen LogP contribution in [0.3, 0.4) is 0 Å². The molecule has 1 heterocycles. The quantitative estimate of drug-likeness (QED) is 0.880. The molecule has 0 aromatic heterocycles. The van der Waals surface area contributed by atoms with E-state index in [4.69, 9.17) is 4.74 Å². The number of carbonyl (C=O) groups excluding carboxylic acids is 1. The summed E-state index contributed by atoms with van der Waals surface area (Å²) in [6.07, 6.45) is 1.07. The van der Waals surface area contributed by atoms with E-state index in [1.807, 2.05) is 24.3 Å². The van der Waals surface area contributed by atoms with E-state index in [1.54, 1.807) is 7.11 Å². The first kappa shape index (κ1) is 17.6. The van der Waals surface area contributed by atoms with Crippen molar-refractivity contribution in [1.82, 2.24) is 10.2 Å². The summed E-state index contributed by atoms with van der Waals surface area (Å²) >= 11 is 0. The zero-order chi connectivity index (χ0) is 17.6. The fraction of sp³-hybridized carbons (Fsp3) is 0.381. The monoisotopic (exact) mass is 338 g/mol. The van der Waals surface area contributed by atoms with Gasteiger partial charge in [0.05, 0.1) is 6.61 Å². The Hall–Kier alpha value is -2.17. The van der Waals surface area contributed by atoms with Gasteiger partial charge in [-0.1, -0.05) is 42.5 Å². The molecule has 4 heteroatoms. The highest BCUT2D eigenvalue weighted by molar-refractivity contribution is 5.95. The number of nitrogens with zero attached hydrogens (tertiary/aromatic N) is 1. The molecule has 0 saturated carbocycles. The number of amides is 1. The molecule has 1 aliphatic heterocycles. The number of hydrogen-bond donors (Lipinski definition) is 1. The molecule has 2 aromatic rings. The lowest BCUT2D eigenvalue weighted by molar-refractivity contribution is 0.0927. The molecule has 0 spiro atoms. The Bertz CT molecular complexity index is 729. The molecule has 0 fully saturated rings. The van der Waals surface area contributed by atoms with Crippen molar-refractivity contribution in [3.8, 4) is 0 Å². The van der Waals surface area contributed by atoms with E-state index < -0.39 is 0 Å². The smallest absolute Gasteiger partial charge is 0.251 e. The van der Waals surface area contributed by atoms with E-state index in [0.717, 1.165) is 25.1 Å². The summed E-state index contributed by atoms with van der Waals surface area (Å²) in [5.41, 5.74) is 4.46. The first-order valence-corrected chi connectivity index (χ1v) is 8.85. The highest BCUT2D eigenvalue weighted by atomic mass is 16.5. The third kappa shape index (κ3) is 4.27. The van der Waals surface area contributed by atoms with Crippen molar-refractivity contribution < 1.29 is 9.53 Å². The van der Waals surface area contributed by atoms with Crippen molar-refractivity contribution in [1.29, 1.82) is 0 Å². The minimum Gasteiger partial charge on any atom is -0.380 e. The summed E-state index contributed by atoms with van der Waals surface area (Å²) in [4.78, 5) is 15.0. The van der Waals surface area contributed by atoms with Crippen LogP contribution in [0.15, 0.2) is 48.5 Å². The highest BCUT2D eigenvalue weighted by Crippen LogP contribution is 2.20. The number of rotatable bonds is 6. The molecule has 1 aliphatic rings. The molecule has 1 N–H and O–H groups in total. The maximum absolute atomic E-state index is 12.5. The standard InChI is InChI=1S/C21H26N2O2/c1-16(23-12-11-17-7-3-4-8-18(17)14-23)13-22-21(24)20-10-6-5-9-19(20)15-25-2/h3-10,16H,11-15H2,1-2H3,(H,22,24)/t16-/m1/s1. The number of ether oxygens (including phenoxy) is 1. The normalized spacial score (nSPS) is 15.4. The van der Waals surface area contributed by atoms with Crippen molar-refractivity contribution in [2.24, 2.45) is 0 Å². The molecule has 1 amide bonds. The van der Waals surface area contributed by atoms with Gasteiger partial charge in [-0.05, 0) is 36.1 Å². The topological polar surface area (TPSA) is 41.6 Å². The second-order valence-electron chi connectivity index (χ2n) is 6.64. The van der Waals surface area contributed by atoms with Crippen LogP contribution in [0.25, 0.3) is 0 Å². The van der Waals surface area contributed by atoms with Crippen molar-refractivity contribution in [2.45, 2.75) is 32.5 Å². The minimum absolute atomic E-state index is 0.0306. The Kier molecular flexibility index (Phi) is 5.84. The SMILES string of the molecule is COCc1ccccc1C(=O)NC[C@@H](C)N1CCc2ccccc2C1. The van der Waals surface area contributed by atoms with Gasteiger partial charge >= 0.3 is 0 Å². The number of methoxy groups -OCH3 is 1. The highest BCUT2D eigenvalue weighted by Gasteiger charge is 2.21. The molecule has 132 valence electrons. The van der Waals surface area contributed by atoms with Gasteiger partial charge in [-0.3, -0.25) is 9.69 Å². The lowest BCUT2D eigenvalue weighted by Crippen LogP contribution is -2.44. The fourth-order valence-corrected chi connectivity index (χ4v) is 3.38. The summed E-state index contributed by atoms with van der Waals surface area (Å²) < 4.78 is 5.18. The summed E-state index contributed by atoms with van der Waals surface area (Å²) in [5, 5.41) is 3.08. The van der Waals surface area contributed by atoms with Gasteiger partial charge in [0.25, 0.3) is 5.91 Å². The first-order chi connectivity index (χ1) is 12.2. The summed E-state index contributed by atoms with van der Waals surface area (Å²) in [6.45, 7) is 5.25. The van der Waals surface area contributed by atoms with E-state index in [-0.39, 0.29) is 5.91 Å². The average molecular weight is 338 g/mol. The predicted octanol–water partition coefficient (Wildman–Crippen LogP) is 3.01. The molecule has 25 heavy (non-hydrogen) atoms. The predicted molar refractivity (Wildman–Crippen MR) is 99.5 cm³/mol. The Morgan fingerprint density at radius 1 is 1.16 bits per heavy atom. The van der Waals surface area contributed by atoms with Crippen LogP contribution >= 0.6 is 0 Å². The van der Waals surface area contributed by atoms with Crippen LogP contribution in [0, 0.1) is 0 Å². The van der Waals surface area contributed by atoms with Crippen molar-refractivity contribution >= 4 is 5.91 Å². The lowest BCUT2D eigenvalue weighted by atomic mass is 9.99. The maximum atomic E-state index is 12.5. The van der Waals surface area contributed by atoms with Gasteiger partial charge in [0.15, 0.2) is 0 Å². The maximum Gasteiger partial charge on any atom is 0.251 e. The summed E-state index contributed by atoms with van der Waals surface area (Å²) in [7, 11) is 1.64. The third-order valence-electron chi connectivity index (χ3n) is 4.90. The van der Waals surface area contributed by atoms with Gasteiger partial charge < -0.3 is 10.1 Å². The van der Waals surface area contributed by atoms with Gasteiger partial charge in [-0.2, -0.15) is 0 Å². The summed E-state index contributed by atoms with van der Waals surface area (Å²) in [6, 6.07) is 16.5. The van der Waals surface area contributed by atoms with Crippen molar-refractivity contribution in [3.63, 3.8) is 0 Å². The van der Waals surface area contributed by atoms with E-state index in [2.05, 4.69) is 41.4 Å². The van der Waals surface area contributed by atoms with E-state index >= 15 is 0 Å². The van der Waals surface area contributed by atoms with Crippen LogP contribution in [0.5, 0.6) is 0 Å². The molecule has 1 atom stereocenters. The van der Waals surface area contributed by atoms with E-state index in [9.17, 15) is 4.79 Å². The first-order valence-electron chi connectivity index (χ1n) is 8.85. The van der Waals surface area contributed by atoms with E-state index in [1.165, 1.54) is 11.1 Å². The molecule has 0 radical (unpaired) electrons. The van der Waals surface area contributed by atoms with Crippen molar-refractivity contribution in [2.75, 3.05) is 20.2 Å². The Morgan fingerprint density at radius 2 is 1.88 bits per heavy atom. The van der Waals surface area contributed by atoms with Gasteiger partial charge in [0, 0.05) is 38.3 Å². The molecule has 0 bridgehead atoms. The molecule has 3 rings (SSSR count). The lowest BCUT2D eigenvalue weighted by Gasteiger charge is -2.33. The number of benzene rings is 2. The second kappa shape index (κ2) is 8.28. The van der Waals surface area contributed by atoms with Crippen molar-refractivity contribution in [3.05, 3.63) is 70.8 Å². The number of nitrogens with one attached hydrogen (secondary N) is 1. The third-order valence-corrected chi connectivity index (χ3v) is 4.90. The second-order valence-corrected chi connectivity index (χ2v) is 6.64. The fourth-order valence-electron chi connectivity index (χ4n) is 3.38. The molecule has 0 unspecified atom stereocenters. The van der Waals surface area contributed by atoms with Crippen LogP contribution in [-0.2, 0) is 24.3 Å². The average Bonchev–Trinajstić information content (AvgIpc) is 2.66. The molecule has 2 aromatic carbocycles. The van der Waals surface area contributed by atoms with E-state index in [0.29, 0.717) is 24.8 Å². The van der Waals surface area contributed by atoms with Crippen LogP contribution in [-0.4, -0.2) is 37.0 Å². The molecular weight excluding hydrogens is 312 g/mol. The molecular formula is C21H26N2O2. The van der Waals surface area contributed by atoms with Crippen LogP contribution in [0.1, 0.15) is 34.0 Å². The molecule has 0 aliphatic carbocycles. The number of carbonyl (C=O) groups is 1. The largest absolute Gasteiger partial charge is 0.380 e. The van der Waals surface area contributed by atoms with Gasteiger partial charge in [0.1, 0.15) is 0 Å². The zero-order valence-corrected chi connectivity index (χ0v) is 15.0. The summed E-state index contributed by atoms with van der Waals surface area (Å²) in [5.74, 6) is -0.0306.